The molecule has 1 N–H and O–H groups in total. The quantitative estimate of drug-likeness (QED) is 0.619. The van der Waals surface area contributed by atoms with Crippen LogP contribution in [0.3, 0.4) is 0 Å². The van der Waals surface area contributed by atoms with E-state index in [0.717, 1.165) is 44.2 Å². The summed E-state index contributed by atoms with van der Waals surface area (Å²) in [5.74, 6) is -1.54. The summed E-state index contributed by atoms with van der Waals surface area (Å²) in [6.45, 7) is 0.627. The molecule has 1 saturated carbocycles. The van der Waals surface area contributed by atoms with E-state index >= 15 is 0 Å². The minimum absolute atomic E-state index is 0.00286. The van der Waals surface area contributed by atoms with Crippen LogP contribution in [0.25, 0.3) is 0 Å². The van der Waals surface area contributed by atoms with Crippen molar-refractivity contribution < 1.29 is 19.1 Å². The van der Waals surface area contributed by atoms with Gasteiger partial charge in [-0.05, 0) is 37.8 Å². The Labute approximate surface area is 210 Å². The fourth-order valence-corrected chi connectivity index (χ4v) is 5.12. The summed E-state index contributed by atoms with van der Waals surface area (Å²) in [7, 11) is 1.28. The van der Waals surface area contributed by atoms with Crippen LogP contribution >= 0.6 is 0 Å². The van der Waals surface area contributed by atoms with Gasteiger partial charge in [-0.2, -0.15) is 0 Å². The van der Waals surface area contributed by atoms with E-state index in [1.54, 1.807) is 16.8 Å². The number of likely N-dealkylation sites (tertiary alicyclic amines) is 1. The molecule has 2 aromatic heterocycles. The Balaban J connectivity index is 1.67. The van der Waals surface area contributed by atoms with Crippen LogP contribution in [0, 0.1) is 0 Å². The maximum atomic E-state index is 13.5. The molecule has 1 saturated heterocycles. The van der Waals surface area contributed by atoms with Crippen molar-refractivity contribution in [3.63, 3.8) is 0 Å². The molecule has 3 heterocycles. The van der Waals surface area contributed by atoms with E-state index in [2.05, 4.69) is 10.3 Å². The predicted octanol–water partition coefficient (Wildman–Crippen LogP) is 2.91. The van der Waals surface area contributed by atoms with Crippen LogP contribution in [0.15, 0.2) is 41.6 Å². The van der Waals surface area contributed by atoms with Crippen molar-refractivity contribution >= 4 is 17.8 Å². The van der Waals surface area contributed by atoms with Gasteiger partial charge in [0.15, 0.2) is 0 Å². The summed E-state index contributed by atoms with van der Waals surface area (Å²) in [6.07, 6.45) is 13.1. The topological polar surface area (TPSA) is 111 Å². The van der Waals surface area contributed by atoms with Crippen molar-refractivity contribution in [2.24, 2.45) is 0 Å². The number of carbonyl (C=O) groups is 3. The fraction of sp³-hybridized carbons (Fsp3) is 0.519. The average molecular weight is 495 g/mol. The van der Waals surface area contributed by atoms with Gasteiger partial charge in [0.25, 0.3) is 11.8 Å². The molecule has 9 heteroatoms. The standard InChI is InChI=1S/C27H34N4O5/c1-36-27(35)23-13-9-15-31(23)26(34)22-18-30(16-20-12-7-8-14-28-20)17-21(24(22)32)25(33)29-19-10-5-3-2-4-6-11-19/h7-8,12,14,17-19,23H,2-6,9-11,13,15-16H2,1H3,(H,29,33)/t23-/m0/s1. The zero-order valence-electron chi connectivity index (χ0n) is 20.8. The largest absolute Gasteiger partial charge is 0.467 e. The first-order chi connectivity index (χ1) is 17.5. The maximum Gasteiger partial charge on any atom is 0.328 e. The van der Waals surface area contributed by atoms with E-state index < -0.39 is 29.3 Å². The molecule has 2 aliphatic rings. The lowest BCUT2D eigenvalue weighted by molar-refractivity contribution is -0.145. The second-order valence-electron chi connectivity index (χ2n) is 9.60. The molecule has 192 valence electrons. The lowest BCUT2D eigenvalue weighted by Gasteiger charge is -2.24. The zero-order valence-corrected chi connectivity index (χ0v) is 20.8. The van der Waals surface area contributed by atoms with Crippen molar-refractivity contribution in [2.45, 2.75) is 76.4 Å². The van der Waals surface area contributed by atoms with Gasteiger partial charge >= 0.3 is 5.97 Å². The first kappa shape index (κ1) is 25.6. The van der Waals surface area contributed by atoms with Gasteiger partial charge in [-0.1, -0.05) is 38.2 Å². The summed E-state index contributed by atoms with van der Waals surface area (Å²) in [5, 5.41) is 3.04. The van der Waals surface area contributed by atoms with Crippen LogP contribution in [0.1, 0.15) is 84.2 Å². The number of pyridine rings is 2. The summed E-state index contributed by atoms with van der Waals surface area (Å²) in [6, 6.07) is 4.76. The minimum Gasteiger partial charge on any atom is -0.467 e. The highest BCUT2D eigenvalue weighted by atomic mass is 16.5. The van der Waals surface area contributed by atoms with Crippen LogP contribution in [-0.4, -0.2) is 58.0 Å². The molecular formula is C27H34N4O5. The molecule has 1 aliphatic carbocycles. The van der Waals surface area contributed by atoms with Crippen LogP contribution in [0.2, 0.25) is 0 Å². The van der Waals surface area contributed by atoms with Crippen LogP contribution in [0.4, 0.5) is 0 Å². The number of nitrogens with zero attached hydrogens (tertiary/aromatic N) is 3. The third-order valence-corrected chi connectivity index (χ3v) is 7.05. The monoisotopic (exact) mass is 494 g/mol. The highest BCUT2D eigenvalue weighted by molar-refractivity contribution is 6.00. The maximum absolute atomic E-state index is 13.5. The van der Waals surface area contributed by atoms with E-state index in [0.29, 0.717) is 19.4 Å². The van der Waals surface area contributed by atoms with Gasteiger partial charge < -0.3 is 19.5 Å². The van der Waals surface area contributed by atoms with Gasteiger partial charge in [0.2, 0.25) is 5.43 Å². The molecular weight excluding hydrogens is 460 g/mol. The summed E-state index contributed by atoms with van der Waals surface area (Å²) in [5.41, 5.74) is -0.115. The van der Waals surface area contributed by atoms with Gasteiger partial charge in [0.1, 0.15) is 17.2 Å². The Morgan fingerprint density at radius 2 is 1.72 bits per heavy atom. The van der Waals surface area contributed by atoms with E-state index in [1.807, 2.05) is 12.1 Å². The number of hydrogen-bond donors (Lipinski definition) is 1. The summed E-state index contributed by atoms with van der Waals surface area (Å²) in [4.78, 5) is 58.2. The van der Waals surface area contributed by atoms with Gasteiger partial charge in [-0.3, -0.25) is 19.4 Å². The number of carbonyl (C=O) groups excluding carboxylic acids is 3. The fourth-order valence-electron chi connectivity index (χ4n) is 5.12. The first-order valence-electron chi connectivity index (χ1n) is 12.8. The van der Waals surface area contributed by atoms with Gasteiger partial charge in [-0.25, -0.2) is 4.79 Å². The van der Waals surface area contributed by atoms with Gasteiger partial charge in [0.05, 0.1) is 19.3 Å². The van der Waals surface area contributed by atoms with Gasteiger partial charge in [-0.15, -0.1) is 0 Å². The van der Waals surface area contributed by atoms with Crippen LogP contribution < -0.4 is 10.7 Å². The minimum atomic E-state index is -0.737. The molecule has 0 unspecified atom stereocenters. The number of nitrogens with one attached hydrogen (secondary N) is 1. The van der Waals surface area contributed by atoms with Crippen molar-refractivity contribution in [3.8, 4) is 0 Å². The highest BCUT2D eigenvalue weighted by Gasteiger charge is 2.36. The van der Waals surface area contributed by atoms with E-state index in [4.69, 9.17) is 4.74 Å². The molecule has 2 aromatic rings. The van der Waals surface area contributed by atoms with Crippen molar-refractivity contribution in [2.75, 3.05) is 13.7 Å². The molecule has 0 radical (unpaired) electrons. The number of rotatable bonds is 6. The third kappa shape index (κ3) is 6.01. The molecule has 0 bridgehead atoms. The predicted molar refractivity (Wildman–Crippen MR) is 134 cm³/mol. The second kappa shape index (κ2) is 12.0. The van der Waals surface area contributed by atoms with E-state index in [9.17, 15) is 19.2 Å². The Kier molecular flexibility index (Phi) is 8.51. The molecule has 0 aromatic carbocycles. The smallest absolute Gasteiger partial charge is 0.328 e. The molecule has 2 amide bonds. The molecule has 1 atom stereocenters. The Bertz CT molecular complexity index is 1140. The molecule has 1 aliphatic heterocycles. The van der Waals surface area contributed by atoms with Crippen LogP contribution in [-0.2, 0) is 16.1 Å². The third-order valence-electron chi connectivity index (χ3n) is 7.05. The Morgan fingerprint density at radius 1 is 1.00 bits per heavy atom. The normalized spacial score (nSPS) is 18.8. The lowest BCUT2D eigenvalue weighted by atomic mass is 9.96. The van der Waals surface area contributed by atoms with Crippen molar-refractivity contribution in [1.29, 1.82) is 0 Å². The number of hydrogen-bond acceptors (Lipinski definition) is 6. The lowest BCUT2D eigenvalue weighted by Crippen LogP contribution is -2.44. The van der Waals surface area contributed by atoms with Crippen molar-refractivity contribution in [3.05, 3.63) is 63.8 Å². The van der Waals surface area contributed by atoms with E-state index in [1.165, 1.54) is 30.8 Å². The van der Waals surface area contributed by atoms with Gasteiger partial charge in [0, 0.05) is 31.2 Å². The zero-order chi connectivity index (χ0) is 25.5. The number of esters is 1. The molecule has 4 rings (SSSR count). The Morgan fingerprint density at radius 3 is 2.42 bits per heavy atom. The first-order valence-corrected chi connectivity index (χ1v) is 12.8. The van der Waals surface area contributed by atoms with Crippen LogP contribution in [0.5, 0.6) is 0 Å². The molecule has 2 fully saturated rings. The molecule has 36 heavy (non-hydrogen) atoms. The molecule has 0 spiro atoms. The summed E-state index contributed by atoms with van der Waals surface area (Å²) < 4.78 is 6.51. The highest BCUT2D eigenvalue weighted by Crippen LogP contribution is 2.21. The van der Waals surface area contributed by atoms with E-state index in [-0.39, 0.29) is 23.7 Å². The Hall–Kier alpha value is -3.49. The number of methoxy groups -OCH3 is 1. The number of aromatic nitrogens is 2. The summed E-state index contributed by atoms with van der Waals surface area (Å²) >= 11 is 0. The average Bonchev–Trinajstić information content (AvgIpc) is 3.36. The SMILES string of the molecule is COC(=O)[C@@H]1CCCN1C(=O)c1cn(Cc2ccccn2)cc(C(=O)NC2CCCCCCC2)c1=O. The van der Waals surface area contributed by atoms with Crippen molar-refractivity contribution in [1.82, 2.24) is 19.8 Å². The number of ether oxygens (including phenoxy) is 1. The second-order valence-corrected chi connectivity index (χ2v) is 9.60. The molecule has 9 nitrogen and oxygen atoms in total. The number of amides is 2.